The number of alkyl halides is 3. The zero-order valence-electron chi connectivity index (χ0n) is 10.2. The van der Waals surface area contributed by atoms with Gasteiger partial charge in [-0.25, -0.2) is 4.98 Å². The van der Waals surface area contributed by atoms with Crippen LogP contribution in [0.3, 0.4) is 0 Å². The largest absolute Gasteiger partial charge is 0.417 e. The van der Waals surface area contributed by atoms with Gasteiger partial charge in [0.1, 0.15) is 0 Å². The van der Waals surface area contributed by atoms with Gasteiger partial charge in [-0.2, -0.15) is 18.4 Å². The van der Waals surface area contributed by atoms with Crippen LogP contribution in [0.25, 0.3) is 0 Å². The highest BCUT2D eigenvalue weighted by Crippen LogP contribution is 2.30. The Labute approximate surface area is 118 Å². The van der Waals surface area contributed by atoms with Gasteiger partial charge in [0.2, 0.25) is 0 Å². The highest BCUT2D eigenvalue weighted by atomic mass is 32.2. The summed E-state index contributed by atoms with van der Waals surface area (Å²) in [5.74, 6) is 0.587. The first-order chi connectivity index (χ1) is 9.49. The number of nitrogens with zero attached hydrogens (tertiary/aromatic N) is 2. The third kappa shape index (κ3) is 3.75. The maximum Gasteiger partial charge on any atom is 0.417 e. The van der Waals surface area contributed by atoms with Crippen molar-refractivity contribution >= 4 is 11.8 Å². The van der Waals surface area contributed by atoms with Crippen molar-refractivity contribution in [3.05, 3.63) is 59.3 Å². The minimum Gasteiger partial charge on any atom is -0.249 e. The van der Waals surface area contributed by atoms with E-state index in [9.17, 15) is 13.2 Å². The summed E-state index contributed by atoms with van der Waals surface area (Å²) in [6.07, 6.45) is -3.52. The van der Waals surface area contributed by atoms with Gasteiger partial charge in [-0.3, -0.25) is 0 Å². The van der Waals surface area contributed by atoms with E-state index in [-0.39, 0.29) is 0 Å². The van der Waals surface area contributed by atoms with Crippen LogP contribution in [-0.2, 0) is 11.9 Å². The number of rotatable bonds is 3. The molecule has 2 rings (SSSR count). The van der Waals surface area contributed by atoms with Crippen LogP contribution >= 0.6 is 11.8 Å². The summed E-state index contributed by atoms with van der Waals surface area (Å²) < 4.78 is 37.1. The second kappa shape index (κ2) is 5.97. The summed E-state index contributed by atoms with van der Waals surface area (Å²) in [4.78, 5) is 3.78. The number of benzene rings is 1. The van der Waals surface area contributed by atoms with E-state index in [2.05, 4.69) is 4.98 Å². The Morgan fingerprint density at radius 1 is 1.10 bits per heavy atom. The molecule has 0 amide bonds. The average Bonchev–Trinajstić information content (AvgIpc) is 2.45. The van der Waals surface area contributed by atoms with E-state index in [1.54, 1.807) is 12.1 Å². The van der Waals surface area contributed by atoms with Crippen molar-refractivity contribution in [2.75, 3.05) is 0 Å². The van der Waals surface area contributed by atoms with Crippen LogP contribution in [-0.4, -0.2) is 4.98 Å². The Balaban J connectivity index is 1.98. The van der Waals surface area contributed by atoms with Gasteiger partial charge in [0.15, 0.2) is 0 Å². The second-order valence-electron chi connectivity index (χ2n) is 3.98. The third-order valence-corrected chi connectivity index (χ3v) is 3.55. The number of aromatic nitrogens is 1. The van der Waals surface area contributed by atoms with E-state index < -0.39 is 11.7 Å². The van der Waals surface area contributed by atoms with Crippen LogP contribution in [0.2, 0.25) is 0 Å². The molecular weight excluding hydrogens is 285 g/mol. The Morgan fingerprint density at radius 2 is 1.80 bits per heavy atom. The fraction of sp³-hybridized carbons (Fsp3) is 0.143. The topological polar surface area (TPSA) is 36.7 Å². The molecule has 0 fully saturated rings. The highest BCUT2D eigenvalue weighted by molar-refractivity contribution is 7.98. The van der Waals surface area contributed by atoms with Gasteiger partial charge in [-0.15, -0.1) is 11.8 Å². The lowest BCUT2D eigenvalue weighted by molar-refractivity contribution is -0.137. The Hall–Kier alpha value is -2.00. The first-order valence-electron chi connectivity index (χ1n) is 5.64. The molecule has 0 bridgehead atoms. The van der Waals surface area contributed by atoms with Crippen LogP contribution < -0.4 is 0 Å². The number of pyridine rings is 1. The molecule has 20 heavy (non-hydrogen) atoms. The third-order valence-electron chi connectivity index (χ3n) is 2.53. The number of nitriles is 1. The van der Waals surface area contributed by atoms with Crippen molar-refractivity contribution in [2.24, 2.45) is 0 Å². The van der Waals surface area contributed by atoms with Crippen molar-refractivity contribution in [2.45, 2.75) is 17.0 Å². The van der Waals surface area contributed by atoms with Gasteiger partial charge in [-0.1, -0.05) is 12.1 Å². The molecule has 1 aromatic carbocycles. The van der Waals surface area contributed by atoms with Crippen LogP contribution in [0, 0.1) is 11.3 Å². The minimum absolute atomic E-state index is 0.530. The van der Waals surface area contributed by atoms with E-state index in [4.69, 9.17) is 5.26 Å². The first-order valence-corrected chi connectivity index (χ1v) is 6.63. The molecule has 1 heterocycles. The van der Waals surface area contributed by atoms with Crippen LogP contribution in [0.5, 0.6) is 0 Å². The standard InChI is InChI=1S/C14H9F3N2S/c15-14(16,17)12-5-6-13(19-8-12)20-9-11-3-1-10(7-18)2-4-11/h1-6,8H,9H2. The maximum absolute atomic E-state index is 12.4. The molecule has 0 saturated heterocycles. The molecule has 0 aliphatic rings. The molecule has 0 spiro atoms. The Morgan fingerprint density at radius 3 is 2.30 bits per heavy atom. The fourth-order valence-corrected chi connectivity index (χ4v) is 2.26. The molecule has 102 valence electrons. The first kappa shape index (κ1) is 14.4. The van der Waals surface area contributed by atoms with Crippen molar-refractivity contribution < 1.29 is 13.2 Å². The molecule has 0 saturated carbocycles. The van der Waals surface area contributed by atoms with Crippen LogP contribution in [0.4, 0.5) is 13.2 Å². The van der Waals surface area contributed by atoms with Gasteiger partial charge < -0.3 is 0 Å². The predicted molar refractivity (Wildman–Crippen MR) is 70.0 cm³/mol. The molecule has 1 aromatic heterocycles. The van der Waals surface area contributed by atoms with Crippen LogP contribution in [0.1, 0.15) is 16.7 Å². The molecule has 2 nitrogen and oxygen atoms in total. The maximum atomic E-state index is 12.4. The summed E-state index contributed by atoms with van der Waals surface area (Å²) >= 11 is 1.34. The van der Waals surface area contributed by atoms with Crippen molar-refractivity contribution in [1.82, 2.24) is 4.98 Å². The van der Waals surface area contributed by atoms with Gasteiger partial charge in [0.25, 0.3) is 0 Å². The molecular formula is C14H9F3N2S. The van der Waals surface area contributed by atoms with Gasteiger partial charge in [-0.05, 0) is 29.8 Å². The number of hydrogen-bond acceptors (Lipinski definition) is 3. The molecule has 0 unspecified atom stereocenters. The molecule has 0 aliphatic heterocycles. The molecule has 2 aromatic rings. The smallest absolute Gasteiger partial charge is 0.249 e. The molecule has 0 atom stereocenters. The van der Waals surface area contributed by atoms with Crippen molar-refractivity contribution in [1.29, 1.82) is 5.26 Å². The summed E-state index contributed by atoms with van der Waals surface area (Å²) in [6, 6.07) is 11.4. The lowest BCUT2D eigenvalue weighted by Crippen LogP contribution is -2.05. The average molecular weight is 294 g/mol. The van der Waals surface area contributed by atoms with E-state index in [0.717, 1.165) is 17.8 Å². The number of halogens is 3. The monoisotopic (exact) mass is 294 g/mol. The zero-order chi connectivity index (χ0) is 14.6. The summed E-state index contributed by atoms with van der Waals surface area (Å²) in [5, 5.41) is 9.20. The number of hydrogen-bond donors (Lipinski definition) is 0. The van der Waals surface area contributed by atoms with E-state index >= 15 is 0 Å². The van der Waals surface area contributed by atoms with E-state index in [1.807, 2.05) is 18.2 Å². The minimum atomic E-state index is -4.36. The zero-order valence-corrected chi connectivity index (χ0v) is 11.0. The summed E-state index contributed by atoms with van der Waals surface area (Å²) in [6.45, 7) is 0. The molecule has 0 radical (unpaired) electrons. The van der Waals surface area contributed by atoms with Gasteiger partial charge in [0, 0.05) is 11.9 Å². The van der Waals surface area contributed by atoms with E-state index in [1.165, 1.54) is 17.8 Å². The molecule has 6 heteroatoms. The predicted octanol–water partition coefficient (Wildman–Crippen LogP) is 4.26. The van der Waals surface area contributed by atoms with E-state index in [0.29, 0.717) is 16.3 Å². The number of thioether (sulfide) groups is 1. The normalized spacial score (nSPS) is 11.1. The molecule has 0 aliphatic carbocycles. The van der Waals surface area contributed by atoms with Gasteiger partial charge >= 0.3 is 6.18 Å². The Kier molecular flexibility index (Phi) is 4.30. The van der Waals surface area contributed by atoms with Crippen molar-refractivity contribution in [3.63, 3.8) is 0 Å². The lowest BCUT2D eigenvalue weighted by atomic mass is 10.2. The summed E-state index contributed by atoms with van der Waals surface area (Å²) in [5.41, 5.74) is 0.808. The quantitative estimate of drug-likeness (QED) is 0.793. The van der Waals surface area contributed by atoms with Crippen LogP contribution in [0.15, 0.2) is 47.6 Å². The van der Waals surface area contributed by atoms with Gasteiger partial charge in [0.05, 0.1) is 22.2 Å². The molecule has 0 N–H and O–H groups in total. The van der Waals surface area contributed by atoms with Crippen molar-refractivity contribution in [3.8, 4) is 6.07 Å². The SMILES string of the molecule is N#Cc1ccc(CSc2ccc(C(F)(F)F)cn2)cc1. The summed E-state index contributed by atoms with van der Waals surface area (Å²) in [7, 11) is 0. The second-order valence-corrected chi connectivity index (χ2v) is 4.98. The fourth-order valence-electron chi connectivity index (χ4n) is 1.47. The Bertz CT molecular complexity index is 613. The highest BCUT2D eigenvalue weighted by Gasteiger charge is 2.30. The lowest BCUT2D eigenvalue weighted by Gasteiger charge is -2.06.